The molecule has 0 bridgehead atoms. The molecule has 0 aliphatic carbocycles. The lowest BCUT2D eigenvalue weighted by Gasteiger charge is -1.99. The topological polar surface area (TPSA) is 74.6 Å². The minimum atomic E-state index is -1.08. The Bertz CT molecular complexity index is 639. The first-order valence-electron chi connectivity index (χ1n) is 4.70. The van der Waals surface area contributed by atoms with Crippen molar-refractivity contribution in [2.75, 3.05) is 0 Å². The molecule has 0 atom stereocenters. The van der Waals surface area contributed by atoms with Crippen LogP contribution in [0.2, 0.25) is 0 Å². The zero-order valence-electron chi connectivity index (χ0n) is 8.64. The number of hydrogen-bond donors (Lipinski definition) is 2. The van der Waals surface area contributed by atoms with Crippen molar-refractivity contribution in [3.05, 3.63) is 40.8 Å². The minimum Gasteiger partial charge on any atom is -0.478 e. The van der Waals surface area contributed by atoms with Gasteiger partial charge in [-0.05, 0) is 12.1 Å². The Morgan fingerprint density at radius 3 is 2.47 bits per heavy atom. The molecule has 0 aliphatic heterocycles. The highest BCUT2D eigenvalue weighted by molar-refractivity contribution is 7.21. The molecule has 0 spiro atoms. The molecule has 86 valence electrons. The molecule has 1 heterocycles. The molecule has 5 heteroatoms. The number of fused-ring (bicyclic) bond motifs is 1. The summed E-state index contributed by atoms with van der Waals surface area (Å²) in [7, 11) is 0. The van der Waals surface area contributed by atoms with E-state index in [0.717, 1.165) is 11.3 Å². The molecule has 4 nitrogen and oxygen atoms in total. The van der Waals surface area contributed by atoms with Gasteiger partial charge in [0.05, 0.1) is 5.56 Å². The normalized spacial score (nSPS) is 10.4. The van der Waals surface area contributed by atoms with E-state index in [9.17, 15) is 9.59 Å². The van der Waals surface area contributed by atoms with Crippen LogP contribution in [0.4, 0.5) is 0 Å². The summed E-state index contributed by atoms with van der Waals surface area (Å²) in [5.74, 6) is -2.15. The molecule has 0 radical (unpaired) electrons. The van der Waals surface area contributed by atoms with Gasteiger partial charge in [0.1, 0.15) is 4.88 Å². The number of carbonyl (C=O) groups is 2. The van der Waals surface area contributed by atoms with Gasteiger partial charge in [-0.1, -0.05) is 18.7 Å². The molecule has 2 rings (SSSR count). The molecule has 0 saturated heterocycles. The van der Waals surface area contributed by atoms with Gasteiger partial charge in [-0.25, -0.2) is 9.59 Å². The zero-order chi connectivity index (χ0) is 12.6. The van der Waals surface area contributed by atoms with Gasteiger partial charge >= 0.3 is 11.9 Å². The highest BCUT2D eigenvalue weighted by Gasteiger charge is 2.19. The van der Waals surface area contributed by atoms with E-state index in [1.807, 2.05) is 0 Å². The summed E-state index contributed by atoms with van der Waals surface area (Å²) in [6, 6.07) is 4.75. The number of thiophene rings is 1. The van der Waals surface area contributed by atoms with E-state index in [-0.39, 0.29) is 10.4 Å². The summed E-state index contributed by atoms with van der Waals surface area (Å²) in [5.41, 5.74) is 0.469. The van der Waals surface area contributed by atoms with E-state index in [2.05, 4.69) is 6.58 Å². The Morgan fingerprint density at radius 1 is 1.24 bits per heavy atom. The largest absolute Gasteiger partial charge is 0.478 e. The van der Waals surface area contributed by atoms with Crippen LogP contribution in [-0.2, 0) is 0 Å². The van der Waals surface area contributed by atoms with Crippen LogP contribution >= 0.6 is 11.3 Å². The van der Waals surface area contributed by atoms with Crippen LogP contribution in [0.3, 0.4) is 0 Å². The second-order valence-corrected chi connectivity index (χ2v) is 4.39. The maximum absolute atomic E-state index is 11.1. The molecule has 0 amide bonds. The van der Waals surface area contributed by atoms with Crippen molar-refractivity contribution < 1.29 is 19.8 Å². The quantitative estimate of drug-likeness (QED) is 0.875. The first-order chi connectivity index (χ1) is 8.06. The smallest absolute Gasteiger partial charge is 0.346 e. The molecular weight excluding hydrogens is 240 g/mol. The number of aromatic carboxylic acids is 2. The Balaban J connectivity index is 2.93. The summed E-state index contributed by atoms with van der Waals surface area (Å²) in [4.78, 5) is 22.2. The third kappa shape index (κ3) is 1.70. The van der Waals surface area contributed by atoms with Crippen molar-refractivity contribution in [1.29, 1.82) is 0 Å². The molecular formula is C12H8O4S. The fourth-order valence-electron chi connectivity index (χ4n) is 1.70. The standard InChI is InChI=1S/C12H8O4S/c1-2-6-9-7(11(13)14)4-3-5-8(9)17-10(6)12(15)16/h2-5H,1H2,(H,13,14)(H,15,16). The first kappa shape index (κ1) is 11.3. The molecule has 1 aromatic carbocycles. The number of benzene rings is 1. The van der Waals surface area contributed by atoms with Gasteiger partial charge in [0.2, 0.25) is 0 Å². The Kier molecular flexibility index (Phi) is 2.69. The van der Waals surface area contributed by atoms with Gasteiger partial charge in [-0.3, -0.25) is 0 Å². The maximum atomic E-state index is 11.1. The van der Waals surface area contributed by atoms with E-state index < -0.39 is 11.9 Å². The lowest BCUT2D eigenvalue weighted by Crippen LogP contribution is -1.98. The van der Waals surface area contributed by atoms with Crippen molar-refractivity contribution >= 4 is 39.4 Å². The van der Waals surface area contributed by atoms with Crippen molar-refractivity contribution in [3.8, 4) is 0 Å². The van der Waals surface area contributed by atoms with Crippen LogP contribution in [-0.4, -0.2) is 22.2 Å². The minimum absolute atomic E-state index is 0.0983. The lowest BCUT2D eigenvalue weighted by molar-refractivity contribution is 0.0688. The van der Waals surface area contributed by atoms with Crippen molar-refractivity contribution in [1.82, 2.24) is 0 Å². The van der Waals surface area contributed by atoms with Gasteiger partial charge in [0.25, 0.3) is 0 Å². The average molecular weight is 248 g/mol. The van der Waals surface area contributed by atoms with E-state index in [1.54, 1.807) is 12.1 Å². The Labute approximate surface area is 100 Å². The highest BCUT2D eigenvalue weighted by atomic mass is 32.1. The Hall–Kier alpha value is -2.14. The predicted molar refractivity (Wildman–Crippen MR) is 65.8 cm³/mol. The maximum Gasteiger partial charge on any atom is 0.346 e. The third-order valence-corrected chi connectivity index (χ3v) is 3.54. The molecule has 0 saturated carbocycles. The number of rotatable bonds is 3. The van der Waals surface area contributed by atoms with Crippen LogP contribution in [0, 0.1) is 0 Å². The predicted octanol–water partition coefficient (Wildman–Crippen LogP) is 2.94. The Morgan fingerprint density at radius 2 is 1.94 bits per heavy atom. The fourth-order valence-corrected chi connectivity index (χ4v) is 2.78. The molecule has 2 N–H and O–H groups in total. The SMILES string of the molecule is C=Cc1c(C(=O)O)sc2cccc(C(=O)O)c12. The van der Waals surface area contributed by atoms with E-state index in [4.69, 9.17) is 10.2 Å². The molecule has 17 heavy (non-hydrogen) atoms. The van der Waals surface area contributed by atoms with E-state index >= 15 is 0 Å². The average Bonchev–Trinajstić information content (AvgIpc) is 2.66. The summed E-state index contributed by atoms with van der Waals surface area (Å²) >= 11 is 1.05. The second-order valence-electron chi connectivity index (χ2n) is 3.34. The van der Waals surface area contributed by atoms with Crippen LogP contribution in [0.5, 0.6) is 0 Å². The highest BCUT2D eigenvalue weighted by Crippen LogP contribution is 2.34. The van der Waals surface area contributed by atoms with Gasteiger partial charge in [-0.2, -0.15) is 0 Å². The monoisotopic (exact) mass is 248 g/mol. The summed E-state index contributed by atoms with van der Waals surface area (Å²) in [6.07, 6.45) is 1.38. The van der Waals surface area contributed by atoms with Crippen LogP contribution in [0.25, 0.3) is 16.2 Å². The summed E-state index contributed by atoms with van der Waals surface area (Å²) in [6.45, 7) is 3.55. The number of carboxylic acid groups (broad SMARTS) is 2. The molecule has 2 aromatic rings. The van der Waals surface area contributed by atoms with Crippen LogP contribution < -0.4 is 0 Å². The van der Waals surface area contributed by atoms with Crippen molar-refractivity contribution in [2.45, 2.75) is 0 Å². The van der Waals surface area contributed by atoms with Gasteiger partial charge in [0, 0.05) is 15.6 Å². The van der Waals surface area contributed by atoms with E-state index in [1.165, 1.54) is 12.1 Å². The van der Waals surface area contributed by atoms with Gasteiger partial charge in [-0.15, -0.1) is 11.3 Å². The van der Waals surface area contributed by atoms with Crippen molar-refractivity contribution in [3.63, 3.8) is 0 Å². The van der Waals surface area contributed by atoms with E-state index in [0.29, 0.717) is 15.6 Å². The number of hydrogen-bond acceptors (Lipinski definition) is 3. The molecule has 0 aliphatic rings. The summed E-state index contributed by atoms with van der Waals surface area (Å²) < 4.78 is 0.636. The zero-order valence-corrected chi connectivity index (χ0v) is 9.45. The third-order valence-electron chi connectivity index (χ3n) is 2.38. The van der Waals surface area contributed by atoms with Crippen molar-refractivity contribution in [2.24, 2.45) is 0 Å². The first-order valence-corrected chi connectivity index (χ1v) is 5.52. The van der Waals surface area contributed by atoms with Crippen LogP contribution in [0.15, 0.2) is 24.8 Å². The lowest BCUT2D eigenvalue weighted by atomic mass is 10.0. The fraction of sp³-hybridized carbons (Fsp3) is 0. The summed E-state index contributed by atoms with van der Waals surface area (Å²) in [5, 5.41) is 18.6. The second kappa shape index (κ2) is 4.03. The molecule has 0 fully saturated rings. The molecule has 1 aromatic heterocycles. The van der Waals surface area contributed by atoms with Crippen LogP contribution in [0.1, 0.15) is 25.6 Å². The van der Waals surface area contributed by atoms with Gasteiger partial charge in [0.15, 0.2) is 0 Å². The number of carboxylic acids is 2. The molecule has 0 unspecified atom stereocenters. The van der Waals surface area contributed by atoms with Gasteiger partial charge < -0.3 is 10.2 Å².